The number of hydrogen-bond donors (Lipinski definition) is 3. The summed E-state index contributed by atoms with van der Waals surface area (Å²) in [5.41, 5.74) is 1.23. The van der Waals surface area contributed by atoms with Crippen LogP contribution < -0.4 is 20.7 Å². The van der Waals surface area contributed by atoms with Crippen LogP contribution >= 0.6 is 23.2 Å². The monoisotopic (exact) mass is 715 g/mol. The van der Waals surface area contributed by atoms with Crippen LogP contribution in [0.1, 0.15) is 25.0 Å². The number of rotatable bonds is 15. The Morgan fingerprint density at radius 3 is 1.77 bits per heavy atom. The normalized spacial score (nSPS) is 13.6. The van der Waals surface area contributed by atoms with Gasteiger partial charge in [-0.2, -0.15) is 22.0 Å². The van der Waals surface area contributed by atoms with Crippen LogP contribution in [0.3, 0.4) is 0 Å². The van der Waals surface area contributed by atoms with Crippen LogP contribution in [-0.4, -0.2) is 60.3 Å². The zero-order chi connectivity index (χ0) is 35.6. The lowest BCUT2D eigenvalue weighted by molar-refractivity contribution is -0.165. The van der Waals surface area contributed by atoms with Crippen molar-refractivity contribution >= 4 is 46.7 Å². The molecule has 0 aromatic heterocycles. The van der Waals surface area contributed by atoms with Gasteiger partial charge in [0.25, 0.3) is 11.8 Å². The average Bonchev–Trinajstić information content (AvgIpc) is 3.01. The summed E-state index contributed by atoms with van der Waals surface area (Å²) in [5, 5.41) is 6.19. The van der Waals surface area contributed by atoms with E-state index in [0.29, 0.717) is 11.1 Å². The Morgan fingerprint density at radius 2 is 1.27 bits per heavy atom. The van der Waals surface area contributed by atoms with Crippen molar-refractivity contribution in [3.63, 3.8) is 0 Å². The Hall–Kier alpha value is -4.23. The Labute approximate surface area is 283 Å². The summed E-state index contributed by atoms with van der Waals surface area (Å²) < 4.78 is 73.1. The van der Waals surface area contributed by atoms with Crippen molar-refractivity contribution in [2.45, 2.75) is 57.0 Å². The van der Waals surface area contributed by atoms with Gasteiger partial charge in [0.05, 0.1) is 6.04 Å². The maximum Gasteiger partial charge on any atom is 0.405 e. The van der Waals surface area contributed by atoms with Crippen molar-refractivity contribution in [3.05, 3.63) is 100 Å². The molecule has 0 saturated heterocycles. The molecule has 0 saturated carbocycles. The predicted octanol–water partition coefficient (Wildman–Crippen LogP) is 5.73. The number of nitrogens with one attached hydrogen (secondary N) is 3. The first-order valence-corrected chi connectivity index (χ1v) is 15.3. The van der Waals surface area contributed by atoms with Gasteiger partial charge in [0.15, 0.2) is 6.10 Å². The second-order valence-electron chi connectivity index (χ2n) is 11.1. The second kappa shape index (κ2) is 16.7. The van der Waals surface area contributed by atoms with E-state index in [2.05, 4.69) is 10.6 Å². The fraction of sp³-hybridized carbons (Fsp3) is 0.333. The highest BCUT2D eigenvalue weighted by Gasteiger charge is 2.52. The quantitative estimate of drug-likeness (QED) is 0.137. The SMILES string of the molecule is CC(C)C(NC(=O)C(Cc1ccccc1)NC(=O)C(Cc1ccccc1)Oc1cc(Cl)cc(Cl)c1)C(=O)C(F)(F)C(=O)NCC(F)(F)F. The molecule has 0 heterocycles. The standard InChI is InChI=1S/C33H32Cl2F5N3O5/c1-19(2)27(28(44)33(39,40)31(47)41-18-32(36,37)38)43-29(45)25(13-20-9-5-3-6-10-20)42-30(46)26(14-21-11-7-4-8-12-21)48-24-16-22(34)15-23(35)17-24/h3-12,15-17,19,25-27H,13-14,18H2,1-2H3,(H,41,47)(H,42,46)(H,43,45). The van der Waals surface area contributed by atoms with E-state index in [9.17, 15) is 41.1 Å². The molecule has 0 spiro atoms. The zero-order valence-electron chi connectivity index (χ0n) is 25.6. The summed E-state index contributed by atoms with van der Waals surface area (Å²) in [4.78, 5) is 52.2. The van der Waals surface area contributed by atoms with Crippen LogP contribution in [0.2, 0.25) is 10.0 Å². The summed E-state index contributed by atoms with van der Waals surface area (Å²) in [6, 6.07) is 17.9. The van der Waals surface area contributed by atoms with Crippen LogP contribution in [-0.2, 0) is 32.0 Å². The topological polar surface area (TPSA) is 114 Å². The van der Waals surface area contributed by atoms with Crippen LogP contribution in [0, 0.1) is 5.92 Å². The number of halogens is 7. The van der Waals surface area contributed by atoms with Gasteiger partial charge in [0, 0.05) is 22.9 Å². The average molecular weight is 717 g/mol. The molecule has 0 aliphatic carbocycles. The van der Waals surface area contributed by atoms with Crippen molar-refractivity contribution in [3.8, 4) is 5.75 Å². The van der Waals surface area contributed by atoms with Crippen molar-refractivity contribution in [1.29, 1.82) is 0 Å². The van der Waals surface area contributed by atoms with Crippen molar-refractivity contribution in [1.82, 2.24) is 16.0 Å². The third-order valence-electron chi connectivity index (χ3n) is 6.88. The highest BCUT2D eigenvalue weighted by Crippen LogP contribution is 2.26. The molecule has 0 bridgehead atoms. The Morgan fingerprint density at radius 1 is 0.750 bits per heavy atom. The first kappa shape index (κ1) is 38.2. The Balaban J connectivity index is 1.90. The minimum absolute atomic E-state index is 0.0167. The molecule has 3 aromatic rings. The molecule has 48 heavy (non-hydrogen) atoms. The lowest BCUT2D eigenvalue weighted by atomic mass is 9.94. The molecule has 0 radical (unpaired) electrons. The summed E-state index contributed by atoms with van der Waals surface area (Å²) in [6.07, 6.45) is -6.43. The van der Waals surface area contributed by atoms with Crippen LogP contribution in [0.15, 0.2) is 78.9 Å². The smallest absolute Gasteiger partial charge is 0.405 e. The van der Waals surface area contributed by atoms with E-state index in [-0.39, 0.29) is 28.6 Å². The van der Waals surface area contributed by atoms with Crippen molar-refractivity contribution in [2.75, 3.05) is 6.54 Å². The van der Waals surface area contributed by atoms with Gasteiger partial charge in [-0.05, 0) is 35.2 Å². The van der Waals surface area contributed by atoms with E-state index in [1.54, 1.807) is 60.7 Å². The highest BCUT2D eigenvalue weighted by molar-refractivity contribution is 6.34. The molecule has 3 N–H and O–H groups in total. The first-order valence-electron chi connectivity index (χ1n) is 14.5. The molecule has 3 amide bonds. The zero-order valence-corrected chi connectivity index (χ0v) is 27.1. The second-order valence-corrected chi connectivity index (χ2v) is 12.0. The van der Waals surface area contributed by atoms with E-state index in [1.165, 1.54) is 32.0 Å². The lowest BCUT2D eigenvalue weighted by Gasteiger charge is -2.28. The van der Waals surface area contributed by atoms with Gasteiger partial charge in [0.2, 0.25) is 11.7 Å². The molecule has 3 unspecified atom stereocenters. The molecule has 3 aromatic carbocycles. The number of ketones is 1. The number of ether oxygens (including phenoxy) is 1. The molecule has 3 atom stereocenters. The van der Waals surface area contributed by atoms with Crippen LogP contribution in [0.25, 0.3) is 0 Å². The fourth-order valence-electron chi connectivity index (χ4n) is 4.49. The van der Waals surface area contributed by atoms with E-state index in [4.69, 9.17) is 27.9 Å². The number of amides is 3. The van der Waals surface area contributed by atoms with Gasteiger partial charge in [-0.3, -0.25) is 19.2 Å². The summed E-state index contributed by atoms with van der Waals surface area (Å²) >= 11 is 12.2. The van der Waals surface area contributed by atoms with Crippen LogP contribution in [0.4, 0.5) is 22.0 Å². The van der Waals surface area contributed by atoms with Gasteiger partial charge in [-0.25, -0.2) is 0 Å². The molecule has 8 nitrogen and oxygen atoms in total. The fourth-order valence-corrected chi connectivity index (χ4v) is 4.99. The molecule has 3 rings (SSSR count). The predicted molar refractivity (Wildman–Crippen MR) is 169 cm³/mol. The number of carbonyl (C=O) groups excluding carboxylic acids is 4. The minimum atomic E-state index is -5.01. The molecular formula is C33H32Cl2F5N3O5. The van der Waals surface area contributed by atoms with Gasteiger partial charge in [-0.1, -0.05) is 97.7 Å². The number of hydrogen-bond acceptors (Lipinski definition) is 5. The molecule has 0 aliphatic rings. The Bertz CT molecular complexity index is 1560. The van der Waals surface area contributed by atoms with Gasteiger partial charge < -0.3 is 20.7 Å². The molecule has 0 fully saturated rings. The maximum atomic E-state index is 14.8. The van der Waals surface area contributed by atoms with Crippen molar-refractivity contribution < 1.29 is 45.9 Å². The number of Topliss-reactive ketones (excluding diaryl/α,β-unsaturated/α-hetero) is 1. The molecular weight excluding hydrogens is 684 g/mol. The lowest BCUT2D eigenvalue weighted by Crippen LogP contribution is -2.60. The minimum Gasteiger partial charge on any atom is -0.480 e. The largest absolute Gasteiger partial charge is 0.480 e. The van der Waals surface area contributed by atoms with Crippen molar-refractivity contribution in [2.24, 2.45) is 5.92 Å². The molecule has 0 aliphatic heterocycles. The first-order chi connectivity index (χ1) is 22.5. The van der Waals surface area contributed by atoms with Gasteiger partial charge in [-0.15, -0.1) is 0 Å². The summed E-state index contributed by atoms with van der Waals surface area (Å²) in [5.74, 6) is -12.3. The third-order valence-corrected chi connectivity index (χ3v) is 7.31. The number of alkyl halides is 5. The maximum absolute atomic E-state index is 14.8. The summed E-state index contributed by atoms with van der Waals surface area (Å²) in [6.45, 7) is 0.487. The van der Waals surface area contributed by atoms with E-state index in [1.807, 2.05) is 0 Å². The Kier molecular flexibility index (Phi) is 13.3. The number of benzene rings is 3. The molecule has 258 valence electrons. The number of carbonyl (C=O) groups is 4. The highest BCUT2D eigenvalue weighted by atomic mass is 35.5. The molecule has 15 heteroatoms. The van der Waals surface area contributed by atoms with E-state index < -0.39 is 66.3 Å². The van der Waals surface area contributed by atoms with Gasteiger partial charge in [0.1, 0.15) is 18.3 Å². The van der Waals surface area contributed by atoms with E-state index in [0.717, 1.165) is 5.32 Å². The summed E-state index contributed by atoms with van der Waals surface area (Å²) in [7, 11) is 0. The van der Waals surface area contributed by atoms with E-state index >= 15 is 0 Å². The van der Waals surface area contributed by atoms with Gasteiger partial charge >= 0.3 is 12.1 Å². The van der Waals surface area contributed by atoms with Crippen LogP contribution in [0.5, 0.6) is 5.75 Å². The third kappa shape index (κ3) is 11.5.